The number of hydrogen-bond donors (Lipinski definition) is 1. The molecule has 0 aliphatic rings. The molecule has 0 aliphatic carbocycles. The summed E-state index contributed by atoms with van der Waals surface area (Å²) in [4.78, 5) is 23.3. The summed E-state index contributed by atoms with van der Waals surface area (Å²) >= 11 is 0. The van der Waals surface area contributed by atoms with E-state index in [1.165, 1.54) is 12.1 Å². The van der Waals surface area contributed by atoms with Crippen molar-refractivity contribution in [3.8, 4) is 0 Å². The average Bonchev–Trinajstić information content (AvgIpc) is 2.56. The molecule has 3 nitrogen and oxygen atoms in total. The number of carbonyl (C=O) groups excluding carboxylic acids is 2. The van der Waals surface area contributed by atoms with E-state index >= 15 is 0 Å². The van der Waals surface area contributed by atoms with Crippen molar-refractivity contribution in [1.29, 1.82) is 0 Å². The molecule has 126 valence electrons. The van der Waals surface area contributed by atoms with E-state index in [0.29, 0.717) is 11.1 Å². The first kappa shape index (κ1) is 17.7. The molecule has 0 unspecified atom stereocenters. The van der Waals surface area contributed by atoms with Gasteiger partial charge >= 0.3 is 0 Å². The predicted molar refractivity (Wildman–Crippen MR) is 77.9 cm³/mol. The fourth-order valence-corrected chi connectivity index (χ4v) is 2.00. The minimum atomic E-state index is -1.05. The average molecular weight is 339 g/mol. The topological polar surface area (TPSA) is 46.2 Å². The second-order valence-corrected chi connectivity index (χ2v) is 5.10. The van der Waals surface area contributed by atoms with E-state index in [-0.39, 0.29) is 19.4 Å². The highest BCUT2D eigenvalue weighted by atomic mass is 19.2. The fourth-order valence-electron chi connectivity index (χ4n) is 2.00. The van der Waals surface area contributed by atoms with Gasteiger partial charge in [0.15, 0.2) is 23.3 Å². The molecule has 0 bridgehead atoms. The van der Waals surface area contributed by atoms with Crippen molar-refractivity contribution in [2.45, 2.75) is 19.4 Å². The molecule has 0 aromatic heterocycles. The molecule has 0 atom stereocenters. The first-order chi connectivity index (χ1) is 11.4. The van der Waals surface area contributed by atoms with Crippen molar-refractivity contribution < 1.29 is 27.2 Å². The number of amides is 1. The highest BCUT2D eigenvalue weighted by Gasteiger charge is 2.14. The molecule has 0 saturated carbocycles. The number of aryl methyl sites for hydroxylation is 1. The first-order valence-electron chi connectivity index (χ1n) is 7.05. The van der Waals surface area contributed by atoms with Gasteiger partial charge in [0.05, 0.1) is 0 Å². The molecule has 1 amide bonds. The molecule has 0 saturated heterocycles. The molecule has 0 heterocycles. The van der Waals surface area contributed by atoms with Gasteiger partial charge in [0.25, 0.3) is 5.91 Å². The third-order valence-electron chi connectivity index (χ3n) is 3.32. The molecule has 0 spiro atoms. The monoisotopic (exact) mass is 339 g/mol. The number of carbonyl (C=O) groups is 2. The number of Topliss-reactive ketones (excluding diaryl/α,β-unsaturated/α-hetero) is 1. The number of ketones is 1. The third kappa shape index (κ3) is 4.65. The summed E-state index contributed by atoms with van der Waals surface area (Å²) in [6, 6.07) is 6.35. The highest BCUT2D eigenvalue weighted by molar-refractivity contribution is 6.36. The molecular formula is C17H13F4NO2. The molecule has 2 aromatic rings. The minimum absolute atomic E-state index is 0.0780. The van der Waals surface area contributed by atoms with E-state index in [9.17, 15) is 27.2 Å². The Morgan fingerprint density at radius 2 is 1.33 bits per heavy atom. The molecule has 7 heteroatoms. The van der Waals surface area contributed by atoms with Crippen LogP contribution >= 0.6 is 0 Å². The van der Waals surface area contributed by atoms with Crippen molar-refractivity contribution >= 4 is 11.7 Å². The van der Waals surface area contributed by atoms with Gasteiger partial charge in [0.2, 0.25) is 5.78 Å². The Bertz CT molecular complexity index is 712. The van der Waals surface area contributed by atoms with Crippen LogP contribution in [-0.2, 0) is 22.6 Å². The highest BCUT2D eigenvalue weighted by Crippen LogP contribution is 2.11. The van der Waals surface area contributed by atoms with Crippen LogP contribution in [0.2, 0.25) is 0 Å². The number of rotatable bonds is 6. The van der Waals surface area contributed by atoms with Crippen molar-refractivity contribution in [3.63, 3.8) is 0 Å². The standard InChI is InChI=1S/C17H13F4NO2/c18-12-4-1-10(7-14(12)20)3-6-16(23)17(24)22-9-11-2-5-13(19)15(21)8-11/h1-2,4-5,7-8H,3,6,9H2,(H,22,24). The van der Waals surface area contributed by atoms with Gasteiger partial charge in [-0.05, 0) is 41.8 Å². The maximum absolute atomic E-state index is 13.0. The molecule has 1 N–H and O–H groups in total. The number of halogens is 4. The number of nitrogens with one attached hydrogen (secondary N) is 1. The second-order valence-electron chi connectivity index (χ2n) is 5.10. The van der Waals surface area contributed by atoms with E-state index in [2.05, 4.69) is 5.32 Å². The van der Waals surface area contributed by atoms with Crippen molar-refractivity contribution in [3.05, 3.63) is 70.8 Å². The van der Waals surface area contributed by atoms with Crippen molar-refractivity contribution in [2.24, 2.45) is 0 Å². The van der Waals surface area contributed by atoms with Crippen LogP contribution in [0.5, 0.6) is 0 Å². The predicted octanol–water partition coefficient (Wildman–Crippen LogP) is 3.06. The summed E-state index contributed by atoms with van der Waals surface area (Å²) in [5.41, 5.74) is 0.686. The Morgan fingerprint density at radius 1 is 0.792 bits per heavy atom. The Kier molecular flexibility index (Phi) is 5.68. The molecular weight excluding hydrogens is 326 g/mol. The quantitative estimate of drug-likeness (QED) is 0.649. The van der Waals surface area contributed by atoms with Crippen LogP contribution in [-0.4, -0.2) is 11.7 Å². The second kappa shape index (κ2) is 7.72. The Hall–Kier alpha value is -2.70. The molecule has 0 radical (unpaired) electrons. The van der Waals surface area contributed by atoms with Crippen LogP contribution in [0.15, 0.2) is 36.4 Å². The van der Waals surface area contributed by atoms with Crippen LogP contribution in [0.25, 0.3) is 0 Å². The van der Waals surface area contributed by atoms with Crippen LogP contribution in [0.4, 0.5) is 17.6 Å². The van der Waals surface area contributed by atoms with Crippen LogP contribution in [0, 0.1) is 23.3 Å². The lowest BCUT2D eigenvalue weighted by molar-refractivity contribution is -0.138. The molecule has 24 heavy (non-hydrogen) atoms. The van der Waals surface area contributed by atoms with Gasteiger partial charge in [0, 0.05) is 13.0 Å². The van der Waals surface area contributed by atoms with Gasteiger partial charge in [-0.25, -0.2) is 17.6 Å². The summed E-state index contributed by atoms with van der Waals surface area (Å²) in [7, 11) is 0. The van der Waals surface area contributed by atoms with Gasteiger partial charge in [0.1, 0.15) is 0 Å². The summed E-state index contributed by atoms with van der Waals surface area (Å²) in [6.07, 6.45) is -0.108. The SMILES string of the molecule is O=C(CCc1ccc(F)c(F)c1)C(=O)NCc1ccc(F)c(F)c1. The van der Waals surface area contributed by atoms with Crippen molar-refractivity contribution in [1.82, 2.24) is 5.32 Å². The van der Waals surface area contributed by atoms with E-state index in [0.717, 1.165) is 24.3 Å². The van der Waals surface area contributed by atoms with Gasteiger partial charge in [-0.1, -0.05) is 12.1 Å². The lowest BCUT2D eigenvalue weighted by Crippen LogP contribution is -2.30. The number of hydrogen-bond acceptors (Lipinski definition) is 2. The lowest BCUT2D eigenvalue weighted by atomic mass is 10.1. The molecule has 2 aromatic carbocycles. The van der Waals surface area contributed by atoms with Crippen LogP contribution in [0.1, 0.15) is 17.5 Å². The molecule has 0 fully saturated rings. The zero-order valence-corrected chi connectivity index (χ0v) is 12.4. The maximum Gasteiger partial charge on any atom is 0.287 e. The largest absolute Gasteiger partial charge is 0.345 e. The maximum atomic E-state index is 13.0. The van der Waals surface area contributed by atoms with Gasteiger partial charge in [-0.3, -0.25) is 9.59 Å². The molecule has 0 aliphatic heterocycles. The minimum Gasteiger partial charge on any atom is -0.345 e. The van der Waals surface area contributed by atoms with Gasteiger partial charge in [-0.15, -0.1) is 0 Å². The fraction of sp³-hybridized carbons (Fsp3) is 0.176. The number of benzene rings is 2. The van der Waals surface area contributed by atoms with Crippen LogP contribution < -0.4 is 5.32 Å². The van der Waals surface area contributed by atoms with Crippen LogP contribution in [0.3, 0.4) is 0 Å². The zero-order valence-electron chi connectivity index (χ0n) is 12.4. The van der Waals surface area contributed by atoms with E-state index in [1.54, 1.807) is 0 Å². The smallest absolute Gasteiger partial charge is 0.287 e. The summed E-state index contributed by atoms with van der Waals surface area (Å²) in [6.45, 7) is -0.132. The van der Waals surface area contributed by atoms with Gasteiger partial charge in [-0.2, -0.15) is 0 Å². The summed E-state index contributed by atoms with van der Waals surface area (Å²) in [5.74, 6) is -5.71. The Morgan fingerprint density at radius 3 is 1.92 bits per heavy atom. The first-order valence-corrected chi connectivity index (χ1v) is 7.05. The molecule has 2 rings (SSSR count). The normalized spacial score (nSPS) is 10.5. The Labute approximate surface area is 135 Å². The zero-order chi connectivity index (χ0) is 17.7. The van der Waals surface area contributed by atoms with E-state index in [4.69, 9.17) is 0 Å². The summed E-state index contributed by atoms with van der Waals surface area (Å²) in [5, 5.41) is 2.29. The summed E-state index contributed by atoms with van der Waals surface area (Å²) < 4.78 is 51.6. The Balaban J connectivity index is 1.84. The van der Waals surface area contributed by atoms with Crippen molar-refractivity contribution in [2.75, 3.05) is 0 Å². The van der Waals surface area contributed by atoms with Gasteiger partial charge < -0.3 is 5.32 Å². The van der Waals surface area contributed by atoms with E-state index < -0.39 is 35.0 Å². The third-order valence-corrected chi connectivity index (χ3v) is 3.32. The van der Waals surface area contributed by atoms with E-state index in [1.807, 2.05) is 0 Å². The lowest BCUT2D eigenvalue weighted by Gasteiger charge is -2.06.